The summed E-state index contributed by atoms with van der Waals surface area (Å²) in [5.74, 6) is 0.940. The molecule has 0 atom stereocenters. The van der Waals surface area contributed by atoms with E-state index in [1.807, 2.05) is 53.2 Å². The fraction of sp³-hybridized carbons (Fsp3) is 0.0606. The molecule has 0 unspecified atom stereocenters. The molecule has 0 saturated carbocycles. The number of aromatic nitrogens is 6. The lowest BCUT2D eigenvalue weighted by Crippen LogP contribution is -2.12. The average molecular weight is 646 g/mol. The van der Waals surface area contributed by atoms with E-state index in [1.54, 1.807) is 37.6 Å². The molecule has 1 aromatic carbocycles. The number of carbonyl (C=O) groups is 1. The number of carbonyl (C=O) groups excluding carboxylic acids is 1. The van der Waals surface area contributed by atoms with Gasteiger partial charge in [-0.25, -0.2) is 15.0 Å². The molecule has 6 aromatic heterocycles. The van der Waals surface area contributed by atoms with Gasteiger partial charge in [0.05, 0.1) is 42.1 Å². The van der Waals surface area contributed by atoms with Crippen LogP contribution in [0.1, 0.15) is 10.4 Å². The van der Waals surface area contributed by atoms with Gasteiger partial charge >= 0.3 is 0 Å². The molecule has 6 heterocycles. The number of ether oxygens (including phenoxy) is 2. The number of rotatable bonds is 8. The van der Waals surface area contributed by atoms with Gasteiger partial charge in [0.1, 0.15) is 22.0 Å². The Morgan fingerprint density at radius 2 is 1.63 bits per heavy atom. The molecule has 1 amide bonds. The molecule has 13 heteroatoms. The zero-order valence-electron chi connectivity index (χ0n) is 24.3. The van der Waals surface area contributed by atoms with E-state index in [2.05, 4.69) is 30.2 Å². The number of hydrogen-bond acceptors (Lipinski definition) is 11. The second-order valence-corrected chi connectivity index (χ2v) is 11.6. The summed E-state index contributed by atoms with van der Waals surface area (Å²) in [4.78, 5) is 52.7. The van der Waals surface area contributed by atoms with Crippen LogP contribution in [-0.2, 0) is 0 Å². The van der Waals surface area contributed by atoms with Crippen LogP contribution < -0.4 is 20.3 Å². The predicted octanol–water partition coefficient (Wildman–Crippen LogP) is 6.56. The Bertz CT molecular complexity index is 2260. The minimum Gasteiger partial charge on any atom is -0.497 e. The van der Waals surface area contributed by atoms with Crippen LogP contribution in [0.25, 0.3) is 55.5 Å². The summed E-state index contributed by atoms with van der Waals surface area (Å²) < 4.78 is 10.8. The molecule has 7 rings (SSSR count). The van der Waals surface area contributed by atoms with Crippen molar-refractivity contribution in [3.05, 3.63) is 106 Å². The van der Waals surface area contributed by atoms with E-state index >= 15 is 0 Å². The highest BCUT2D eigenvalue weighted by molar-refractivity contribution is 7.17. The monoisotopic (exact) mass is 645 g/mol. The summed E-state index contributed by atoms with van der Waals surface area (Å²) in [5, 5.41) is 7.52. The van der Waals surface area contributed by atoms with Gasteiger partial charge in [-0.1, -0.05) is 24.3 Å². The van der Waals surface area contributed by atoms with Crippen LogP contribution in [0.2, 0.25) is 0 Å². The smallest absolute Gasteiger partial charge is 0.282 e. The molecular weight excluding hydrogens is 623 g/mol. The maximum Gasteiger partial charge on any atom is 0.282 e. The van der Waals surface area contributed by atoms with Crippen molar-refractivity contribution < 1.29 is 14.3 Å². The Balaban J connectivity index is 1.18. The highest BCUT2D eigenvalue weighted by Gasteiger charge is 2.18. The van der Waals surface area contributed by atoms with Gasteiger partial charge in [-0.3, -0.25) is 19.9 Å². The topological polar surface area (TPSA) is 145 Å². The molecule has 2 N–H and O–H groups in total. The number of H-pyrrole nitrogens is 1. The lowest BCUT2D eigenvalue weighted by atomic mass is 10.1. The van der Waals surface area contributed by atoms with Crippen molar-refractivity contribution in [1.82, 2.24) is 29.9 Å². The van der Waals surface area contributed by atoms with Crippen LogP contribution >= 0.6 is 22.7 Å². The number of nitrogens with zero attached hydrogens (tertiary/aromatic N) is 5. The molecule has 0 aliphatic rings. The van der Waals surface area contributed by atoms with Gasteiger partial charge in [-0.05, 0) is 48.0 Å². The number of thiazole rings is 1. The first-order chi connectivity index (χ1) is 22.5. The Labute approximate surface area is 269 Å². The molecule has 0 spiro atoms. The van der Waals surface area contributed by atoms with Gasteiger partial charge < -0.3 is 14.5 Å². The lowest BCUT2D eigenvalue weighted by molar-refractivity contribution is 0.102. The van der Waals surface area contributed by atoms with E-state index in [4.69, 9.17) is 14.5 Å². The van der Waals surface area contributed by atoms with E-state index in [1.165, 1.54) is 36.0 Å². The van der Waals surface area contributed by atoms with E-state index in [-0.39, 0.29) is 17.0 Å². The van der Waals surface area contributed by atoms with Gasteiger partial charge in [0, 0.05) is 28.7 Å². The third kappa shape index (κ3) is 5.60. The highest BCUT2D eigenvalue weighted by Crippen LogP contribution is 2.33. The third-order valence-electron chi connectivity index (χ3n) is 7.08. The Morgan fingerprint density at radius 1 is 0.804 bits per heavy atom. The standard InChI is InChI=1S/C33H23N7O4S2/c1-43-20-11-9-18(10-12-20)22-16-45-32-27(22)30(42)38-28(39-32)25-8-5-7-23(36-25)21-14-19(15-35-31(21)44-2)29(41)40-33-37-26(17-46-33)24-6-3-4-13-34-24/h3-17H,1-2H3,(H,37,40,41)(H,38,39,42). The molecule has 0 radical (unpaired) electrons. The first kappa shape index (κ1) is 29.0. The van der Waals surface area contributed by atoms with Crippen LogP contribution in [0, 0.1) is 0 Å². The zero-order chi connectivity index (χ0) is 31.6. The molecular formula is C33H23N7O4S2. The van der Waals surface area contributed by atoms with Crippen molar-refractivity contribution in [3.8, 4) is 56.9 Å². The molecule has 0 aliphatic heterocycles. The number of benzene rings is 1. The van der Waals surface area contributed by atoms with Crippen LogP contribution in [0.3, 0.4) is 0 Å². The van der Waals surface area contributed by atoms with Crippen LogP contribution in [0.5, 0.6) is 11.6 Å². The van der Waals surface area contributed by atoms with E-state index in [9.17, 15) is 9.59 Å². The zero-order valence-corrected chi connectivity index (χ0v) is 26.0. The number of thiophene rings is 1. The SMILES string of the molecule is COc1ccc(-c2csc3[nH]c(-c4cccc(-c5cc(C(=O)Nc6nc(-c7ccccn7)cs6)cnc5OC)n4)nc(=O)c23)cc1. The number of methoxy groups -OCH3 is 2. The van der Waals surface area contributed by atoms with Crippen LogP contribution in [0.4, 0.5) is 5.13 Å². The summed E-state index contributed by atoms with van der Waals surface area (Å²) in [5.41, 5.74) is 4.40. The number of fused-ring (bicyclic) bond motifs is 1. The van der Waals surface area contributed by atoms with Crippen molar-refractivity contribution in [2.45, 2.75) is 0 Å². The van der Waals surface area contributed by atoms with Gasteiger partial charge in [0.2, 0.25) is 5.88 Å². The normalized spacial score (nSPS) is 11.0. The van der Waals surface area contributed by atoms with Gasteiger partial charge in [-0.15, -0.1) is 22.7 Å². The molecule has 0 saturated heterocycles. The maximum absolute atomic E-state index is 13.3. The lowest BCUT2D eigenvalue weighted by Gasteiger charge is -2.10. The van der Waals surface area contributed by atoms with Crippen molar-refractivity contribution in [2.75, 3.05) is 19.5 Å². The van der Waals surface area contributed by atoms with Crippen molar-refractivity contribution in [2.24, 2.45) is 0 Å². The number of hydrogen-bond donors (Lipinski definition) is 2. The van der Waals surface area contributed by atoms with E-state index < -0.39 is 5.91 Å². The average Bonchev–Trinajstić information content (AvgIpc) is 3.76. The van der Waals surface area contributed by atoms with E-state index in [0.717, 1.165) is 16.9 Å². The summed E-state index contributed by atoms with van der Waals surface area (Å²) in [6.07, 6.45) is 3.12. The molecule has 226 valence electrons. The number of aromatic amines is 1. The first-order valence-electron chi connectivity index (χ1n) is 13.9. The molecule has 11 nitrogen and oxygen atoms in total. The summed E-state index contributed by atoms with van der Waals surface area (Å²) in [6.45, 7) is 0. The van der Waals surface area contributed by atoms with Crippen LogP contribution in [-0.4, -0.2) is 50.0 Å². The summed E-state index contributed by atoms with van der Waals surface area (Å²) >= 11 is 2.72. The largest absolute Gasteiger partial charge is 0.497 e. The molecule has 0 bridgehead atoms. The van der Waals surface area contributed by atoms with Gasteiger partial charge in [0.15, 0.2) is 11.0 Å². The number of pyridine rings is 3. The minimum absolute atomic E-state index is 0.284. The van der Waals surface area contributed by atoms with Crippen molar-refractivity contribution in [1.29, 1.82) is 0 Å². The Morgan fingerprint density at radius 3 is 2.41 bits per heavy atom. The molecule has 0 fully saturated rings. The first-order valence-corrected chi connectivity index (χ1v) is 15.6. The minimum atomic E-state index is -0.392. The number of anilines is 1. The fourth-order valence-electron chi connectivity index (χ4n) is 4.83. The number of amides is 1. The molecule has 46 heavy (non-hydrogen) atoms. The highest BCUT2D eigenvalue weighted by atomic mass is 32.1. The molecule has 7 aromatic rings. The van der Waals surface area contributed by atoms with Crippen molar-refractivity contribution >= 4 is 43.9 Å². The second-order valence-electron chi connectivity index (χ2n) is 9.87. The van der Waals surface area contributed by atoms with Gasteiger partial charge in [0.25, 0.3) is 11.5 Å². The second kappa shape index (κ2) is 12.3. The van der Waals surface area contributed by atoms with Crippen molar-refractivity contribution in [3.63, 3.8) is 0 Å². The quantitative estimate of drug-likeness (QED) is 0.188. The van der Waals surface area contributed by atoms with Crippen LogP contribution in [0.15, 0.2) is 94.7 Å². The van der Waals surface area contributed by atoms with Gasteiger partial charge in [-0.2, -0.15) is 4.98 Å². The Kier molecular flexibility index (Phi) is 7.74. The summed E-state index contributed by atoms with van der Waals surface area (Å²) in [7, 11) is 3.10. The fourth-order valence-corrected chi connectivity index (χ4v) is 6.49. The maximum atomic E-state index is 13.3. The third-order valence-corrected chi connectivity index (χ3v) is 8.73. The van der Waals surface area contributed by atoms with E-state index in [0.29, 0.717) is 49.5 Å². The molecule has 0 aliphatic carbocycles. The number of nitrogens with one attached hydrogen (secondary N) is 2. The Hall–Kier alpha value is -5.79. The summed E-state index contributed by atoms with van der Waals surface area (Å²) in [6, 6.07) is 20.0. The predicted molar refractivity (Wildman–Crippen MR) is 179 cm³/mol.